The molecule has 0 radical (unpaired) electrons. The molecule has 8 nitrogen and oxygen atoms in total. The number of rotatable bonds is 14. The van der Waals surface area contributed by atoms with Crippen LogP contribution in [0.2, 0.25) is 0 Å². The Hall–Kier alpha value is -3.46. The molecule has 1 saturated heterocycles. The molecule has 1 aliphatic rings. The molecule has 238 valence electrons. The second-order valence-electron chi connectivity index (χ2n) is 12.0. The van der Waals surface area contributed by atoms with Gasteiger partial charge in [0.1, 0.15) is 0 Å². The molecule has 1 unspecified atom stereocenters. The molecule has 1 aromatic heterocycles. The second kappa shape index (κ2) is 16.0. The molecule has 8 heteroatoms. The highest BCUT2D eigenvalue weighted by Gasteiger charge is 2.23. The van der Waals surface area contributed by atoms with Crippen LogP contribution in [0.5, 0.6) is 0 Å². The topological polar surface area (TPSA) is 97.9 Å². The lowest BCUT2D eigenvalue weighted by Crippen LogP contribution is -2.36. The number of nitrogens with one attached hydrogen (secondary N) is 2. The van der Waals surface area contributed by atoms with Gasteiger partial charge in [0.25, 0.3) is 11.5 Å². The monoisotopic (exact) mass is 602 g/mol. The largest absolute Gasteiger partial charge is 0.396 e. The molecule has 3 aromatic rings. The van der Waals surface area contributed by atoms with E-state index in [4.69, 9.17) is 4.74 Å². The molecule has 1 fully saturated rings. The predicted octanol–water partition coefficient (Wildman–Crippen LogP) is 5.50. The van der Waals surface area contributed by atoms with Gasteiger partial charge in [-0.3, -0.25) is 14.5 Å². The molecule has 0 saturated carbocycles. The normalized spacial score (nSPS) is 14.4. The third-order valence-electron chi connectivity index (χ3n) is 8.75. The number of aromatic nitrogens is 1. The van der Waals surface area contributed by atoms with Gasteiger partial charge in [0.15, 0.2) is 0 Å². The molecule has 4 rings (SSSR count). The number of aliphatic hydroxyl groups is 1. The standard InChI is InChI=1S/C36H50N4O4/c1-6-9-31(10-8-17-41)40(7-2)34-22-30(29-13-11-28(12-14-29)24-39-15-18-44-19-16-39)21-32(27(34)5)35(42)37-23-33-25(3)20-26(4)38-36(33)43/h11-14,20-22,31,41H,6-10,15-19,23-24H2,1-5H3,(H,37,42)(H,38,43). The van der Waals surface area contributed by atoms with Gasteiger partial charge < -0.3 is 25.0 Å². The number of ether oxygens (including phenoxy) is 1. The Morgan fingerprint density at radius 2 is 1.77 bits per heavy atom. The minimum Gasteiger partial charge on any atom is -0.396 e. The van der Waals surface area contributed by atoms with Gasteiger partial charge in [-0.1, -0.05) is 37.6 Å². The molecule has 0 bridgehead atoms. The smallest absolute Gasteiger partial charge is 0.253 e. The number of benzene rings is 2. The first kappa shape index (κ1) is 33.4. The number of aromatic amines is 1. The summed E-state index contributed by atoms with van der Waals surface area (Å²) in [5.41, 5.74) is 7.89. The molecule has 3 N–H and O–H groups in total. The maximum Gasteiger partial charge on any atom is 0.253 e. The van der Waals surface area contributed by atoms with Crippen LogP contribution in [0.15, 0.2) is 47.3 Å². The fraction of sp³-hybridized carbons (Fsp3) is 0.500. The fourth-order valence-corrected chi connectivity index (χ4v) is 6.33. The summed E-state index contributed by atoms with van der Waals surface area (Å²) in [5.74, 6) is -0.202. The summed E-state index contributed by atoms with van der Waals surface area (Å²) in [6.07, 6.45) is 3.66. The van der Waals surface area contributed by atoms with Crippen molar-refractivity contribution in [2.24, 2.45) is 0 Å². The molecule has 44 heavy (non-hydrogen) atoms. The summed E-state index contributed by atoms with van der Waals surface area (Å²) in [7, 11) is 0. The zero-order valence-electron chi connectivity index (χ0n) is 27.2. The van der Waals surface area contributed by atoms with Crippen molar-refractivity contribution in [3.63, 3.8) is 0 Å². The first-order valence-corrected chi connectivity index (χ1v) is 16.1. The molecule has 2 aromatic carbocycles. The van der Waals surface area contributed by atoms with Gasteiger partial charge in [-0.05, 0) is 93.0 Å². The number of anilines is 1. The number of carbonyl (C=O) groups excluding carboxylic acids is 1. The van der Waals surface area contributed by atoms with Crippen molar-refractivity contribution >= 4 is 11.6 Å². The van der Waals surface area contributed by atoms with Crippen LogP contribution < -0.4 is 15.8 Å². The maximum atomic E-state index is 13.8. The first-order valence-electron chi connectivity index (χ1n) is 16.1. The van der Waals surface area contributed by atoms with E-state index in [0.717, 1.165) is 98.7 Å². The highest BCUT2D eigenvalue weighted by atomic mass is 16.5. The highest BCUT2D eigenvalue weighted by molar-refractivity contribution is 5.99. The first-order chi connectivity index (χ1) is 21.2. The number of carbonyl (C=O) groups is 1. The highest BCUT2D eigenvalue weighted by Crippen LogP contribution is 2.34. The van der Waals surface area contributed by atoms with Crippen LogP contribution in [0.3, 0.4) is 0 Å². The number of nitrogens with zero attached hydrogens (tertiary/aromatic N) is 2. The van der Waals surface area contributed by atoms with Gasteiger partial charge in [0.2, 0.25) is 0 Å². The van der Waals surface area contributed by atoms with Crippen LogP contribution in [0, 0.1) is 20.8 Å². The molecule has 0 spiro atoms. The number of aryl methyl sites for hydroxylation is 2. The number of hydrogen-bond acceptors (Lipinski definition) is 6. The molecule has 1 atom stereocenters. The Kier molecular flexibility index (Phi) is 12.2. The summed E-state index contributed by atoms with van der Waals surface area (Å²) in [4.78, 5) is 34.1. The van der Waals surface area contributed by atoms with E-state index in [9.17, 15) is 14.7 Å². The Bertz CT molecular complexity index is 1440. The van der Waals surface area contributed by atoms with E-state index in [-0.39, 0.29) is 30.7 Å². The summed E-state index contributed by atoms with van der Waals surface area (Å²) in [6.45, 7) is 15.5. The second-order valence-corrected chi connectivity index (χ2v) is 12.0. The van der Waals surface area contributed by atoms with Crippen LogP contribution in [-0.2, 0) is 17.8 Å². The van der Waals surface area contributed by atoms with E-state index in [2.05, 4.69) is 64.3 Å². The minimum absolute atomic E-state index is 0.155. The van der Waals surface area contributed by atoms with Crippen LogP contribution >= 0.6 is 0 Å². The third kappa shape index (κ3) is 8.37. The van der Waals surface area contributed by atoms with Crippen molar-refractivity contribution in [3.05, 3.63) is 86.3 Å². The van der Waals surface area contributed by atoms with E-state index in [1.807, 2.05) is 32.9 Å². The van der Waals surface area contributed by atoms with Crippen LogP contribution in [0.1, 0.15) is 77.8 Å². The van der Waals surface area contributed by atoms with Gasteiger partial charge in [-0.2, -0.15) is 0 Å². The summed E-state index contributed by atoms with van der Waals surface area (Å²) < 4.78 is 5.50. The third-order valence-corrected chi connectivity index (χ3v) is 8.75. The quantitative estimate of drug-likeness (QED) is 0.226. The lowest BCUT2D eigenvalue weighted by molar-refractivity contribution is 0.0342. The fourth-order valence-electron chi connectivity index (χ4n) is 6.33. The van der Waals surface area contributed by atoms with Crippen molar-refractivity contribution < 1.29 is 14.6 Å². The van der Waals surface area contributed by atoms with E-state index < -0.39 is 0 Å². The van der Waals surface area contributed by atoms with E-state index >= 15 is 0 Å². The Labute approximate surface area is 262 Å². The summed E-state index contributed by atoms with van der Waals surface area (Å²) in [6, 6.07) is 15.0. The van der Waals surface area contributed by atoms with E-state index in [0.29, 0.717) is 11.1 Å². The average molecular weight is 603 g/mol. The van der Waals surface area contributed by atoms with E-state index in [1.54, 1.807) is 0 Å². The molecule has 2 heterocycles. The zero-order chi connectivity index (χ0) is 31.6. The number of hydrogen-bond donors (Lipinski definition) is 3. The van der Waals surface area contributed by atoms with Crippen LogP contribution in [-0.4, -0.2) is 66.4 Å². The molecular weight excluding hydrogens is 552 g/mol. The van der Waals surface area contributed by atoms with Crippen LogP contribution in [0.25, 0.3) is 11.1 Å². The Balaban J connectivity index is 1.70. The zero-order valence-corrected chi connectivity index (χ0v) is 27.2. The van der Waals surface area contributed by atoms with Gasteiger partial charge >= 0.3 is 0 Å². The molecule has 0 aliphatic carbocycles. The van der Waals surface area contributed by atoms with Gasteiger partial charge in [0, 0.05) is 67.9 Å². The molecule has 1 amide bonds. The predicted molar refractivity (Wildman–Crippen MR) is 178 cm³/mol. The maximum absolute atomic E-state index is 13.8. The number of morpholine rings is 1. The number of pyridine rings is 1. The lowest BCUT2D eigenvalue weighted by atomic mass is 9.94. The number of aliphatic hydroxyl groups excluding tert-OH is 1. The Morgan fingerprint density at radius 1 is 1.05 bits per heavy atom. The molecular formula is C36H50N4O4. The Morgan fingerprint density at radius 3 is 2.41 bits per heavy atom. The molecule has 1 aliphatic heterocycles. The van der Waals surface area contributed by atoms with E-state index in [1.165, 1.54) is 5.56 Å². The average Bonchev–Trinajstić information content (AvgIpc) is 3.01. The number of H-pyrrole nitrogens is 1. The van der Waals surface area contributed by atoms with Gasteiger partial charge in [0.05, 0.1) is 13.2 Å². The van der Waals surface area contributed by atoms with Crippen molar-refractivity contribution in [3.8, 4) is 11.1 Å². The van der Waals surface area contributed by atoms with Crippen molar-refractivity contribution in [1.29, 1.82) is 0 Å². The van der Waals surface area contributed by atoms with Crippen molar-refractivity contribution in [1.82, 2.24) is 15.2 Å². The van der Waals surface area contributed by atoms with Gasteiger partial charge in [-0.25, -0.2) is 0 Å². The van der Waals surface area contributed by atoms with Gasteiger partial charge in [-0.15, -0.1) is 0 Å². The summed E-state index contributed by atoms with van der Waals surface area (Å²) in [5, 5.41) is 12.6. The van der Waals surface area contributed by atoms with Crippen molar-refractivity contribution in [2.45, 2.75) is 79.4 Å². The lowest BCUT2D eigenvalue weighted by Gasteiger charge is -2.35. The minimum atomic E-state index is -0.202. The van der Waals surface area contributed by atoms with Crippen LogP contribution in [0.4, 0.5) is 5.69 Å². The SMILES string of the molecule is CCCC(CCCO)N(CC)c1cc(-c2ccc(CN3CCOCC3)cc2)cc(C(=O)NCc2c(C)cc(C)[nH]c2=O)c1C. The van der Waals surface area contributed by atoms with Crippen molar-refractivity contribution in [2.75, 3.05) is 44.4 Å². The summed E-state index contributed by atoms with van der Waals surface area (Å²) >= 11 is 0. The number of amides is 1.